The van der Waals surface area contributed by atoms with Gasteiger partial charge < -0.3 is 5.73 Å². The van der Waals surface area contributed by atoms with Crippen molar-refractivity contribution >= 4 is 10.1 Å². The SMILES string of the molecule is NC1(S(=O)(=O)O)CCCC1. The normalized spacial score (nSPS) is 25.0. The van der Waals surface area contributed by atoms with E-state index < -0.39 is 15.0 Å². The topological polar surface area (TPSA) is 80.4 Å². The number of nitrogens with two attached hydrogens (primary N) is 1. The van der Waals surface area contributed by atoms with Crippen molar-refractivity contribution in [3.63, 3.8) is 0 Å². The van der Waals surface area contributed by atoms with Crippen LogP contribution in [0.5, 0.6) is 0 Å². The van der Waals surface area contributed by atoms with Crippen LogP contribution in [-0.2, 0) is 10.1 Å². The molecule has 60 valence electrons. The van der Waals surface area contributed by atoms with E-state index >= 15 is 0 Å². The maximum atomic E-state index is 10.6. The summed E-state index contributed by atoms with van der Waals surface area (Å²) in [7, 11) is -4.02. The molecule has 5 heteroatoms. The highest BCUT2D eigenvalue weighted by atomic mass is 32.2. The quantitative estimate of drug-likeness (QED) is 0.540. The minimum absolute atomic E-state index is 0.381. The Labute approximate surface area is 60.2 Å². The van der Waals surface area contributed by atoms with Crippen LogP contribution in [0.15, 0.2) is 0 Å². The first kappa shape index (κ1) is 7.97. The van der Waals surface area contributed by atoms with E-state index in [1.807, 2.05) is 0 Å². The second-order valence-electron chi connectivity index (χ2n) is 2.75. The van der Waals surface area contributed by atoms with E-state index in [1.165, 1.54) is 0 Å². The Morgan fingerprint density at radius 2 is 1.70 bits per heavy atom. The summed E-state index contributed by atoms with van der Waals surface area (Å²) in [6.45, 7) is 0. The van der Waals surface area contributed by atoms with Crippen molar-refractivity contribution in [2.24, 2.45) is 5.73 Å². The Bertz CT molecular complexity index is 215. The molecule has 1 aliphatic rings. The minimum Gasteiger partial charge on any atom is -0.311 e. The summed E-state index contributed by atoms with van der Waals surface area (Å²) < 4.78 is 29.8. The van der Waals surface area contributed by atoms with Crippen LogP contribution in [0.1, 0.15) is 25.7 Å². The third kappa shape index (κ3) is 1.16. The van der Waals surface area contributed by atoms with Gasteiger partial charge in [0.2, 0.25) is 0 Å². The molecule has 0 bridgehead atoms. The molecule has 0 spiro atoms. The fraction of sp³-hybridized carbons (Fsp3) is 1.00. The molecule has 0 radical (unpaired) electrons. The Morgan fingerprint density at radius 3 is 1.90 bits per heavy atom. The van der Waals surface area contributed by atoms with E-state index in [0.717, 1.165) is 12.8 Å². The predicted octanol–water partition coefficient (Wildman–Crippen LogP) is 0.103. The lowest BCUT2D eigenvalue weighted by atomic mass is 10.3. The first-order valence-corrected chi connectivity index (χ1v) is 4.66. The highest BCUT2D eigenvalue weighted by Crippen LogP contribution is 2.30. The third-order valence-electron chi connectivity index (χ3n) is 1.96. The zero-order valence-electron chi connectivity index (χ0n) is 5.58. The molecule has 0 atom stereocenters. The molecule has 0 aromatic rings. The molecule has 0 aromatic carbocycles. The average molecular weight is 165 g/mol. The molecule has 1 rings (SSSR count). The van der Waals surface area contributed by atoms with E-state index in [4.69, 9.17) is 10.3 Å². The molecule has 1 aliphatic carbocycles. The van der Waals surface area contributed by atoms with Crippen LogP contribution in [0.4, 0.5) is 0 Å². The molecule has 10 heavy (non-hydrogen) atoms. The van der Waals surface area contributed by atoms with Crippen LogP contribution in [-0.4, -0.2) is 17.8 Å². The largest absolute Gasteiger partial charge is 0.311 e. The summed E-state index contributed by atoms with van der Waals surface area (Å²) >= 11 is 0. The number of hydrogen-bond acceptors (Lipinski definition) is 3. The van der Waals surface area contributed by atoms with Gasteiger partial charge in [0.25, 0.3) is 10.1 Å². The van der Waals surface area contributed by atoms with Crippen molar-refractivity contribution in [1.29, 1.82) is 0 Å². The molecule has 0 heterocycles. The number of hydrogen-bond donors (Lipinski definition) is 2. The van der Waals surface area contributed by atoms with Crippen molar-refractivity contribution in [1.82, 2.24) is 0 Å². The zero-order chi connectivity index (χ0) is 7.83. The smallest absolute Gasteiger partial charge is 0.283 e. The predicted molar refractivity (Wildman–Crippen MR) is 36.9 cm³/mol. The molecule has 0 aliphatic heterocycles. The van der Waals surface area contributed by atoms with Gasteiger partial charge in [0, 0.05) is 0 Å². The summed E-state index contributed by atoms with van der Waals surface area (Å²) in [5.74, 6) is 0. The monoisotopic (exact) mass is 165 g/mol. The Balaban J connectivity index is 2.88. The van der Waals surface area contributed by atoms with Gasteiger partial charge in [0.1, 0.15) is 4.87 Å². The highest BCUT2D eigenvalue weighted by molar-refractivity contribution is 7.87. The lowest BCUT2D eigenvalue weighted by Crippen LogP contribution is -2.44. The molecular formula is C5H11NO3S. The van der Waals surface area contributed by atoms with Crippen LogP contribution < -0.4 is 5.73 Å². The fourth-order valence-corrected chi connectivity index (χ4v) is 2.04. The van der Waals surface area contributed by atoms with E-state index in [2.05, 4.69) is 0 Å². The maximum Gasteiger partial charge on any atom is 0.283 e. The van der Waals surface area contributed by atoms with E-state index in [0.29, 0.717) is 12.8 Å². The van der Waals surface area contributed by atoms with Crippen LogP contribution in [0.25, 0.3) is 0 Å². The standard InChI is InChI=1S/C5H11NO3S/c6-5(10(7,8)9)3-1-2-4-5/h1-4,6H2,(H,7,8,9). The van der Waals surface area contributed by atoms with Crippen molar-refractivity contribution in [2.75, 3.05) is 0 Å². The van der Waals surface area contributed by atoms with Gasteiger partial charge in [-0.05, 0) is 12.8 Å². The Hall–Kier alpha value is -0.130. The van der Waals surface area contributed by atoms with Gasteiger partial charge >= 0.3 is 0 Å². The second-order valence-corrected chi connectivity index (χ2v) is 4.51. The van der Waals surface area contributed by atoms with Crippen LogP contribution in [0.3, 0.4) is 0 Å². The summed E-state index contributed by atoms with van der Waals surface area (Å²) in [6.07, 6.45) is 2.34. The lowest BCUT2D eigenvalue weighted by molar-refractivity contribution is 0.426. The second kappa shape index (κ2) is 2.18. The van der Waals surface area contributed by atoms with E-state index in [1.54, 1.807) is 0 Å². The molecule has 0 unspecified atom stereocenters. The third-order valence-corrected chi connectivity index (χ3v) is 3.40. The Kier molecular flexibility index (Phi) is 1.74. The molecule has 0 saturated heterocycles. The van der Waals surface area contributed by atoms with Gasteiger partial charge in [-0.2, -0.15) is 8.42 Å². The molecule has 4 nitrogen and oxygen atoms in total. The molecule has 3 N–H and O–H groups in total. The van der Waals surface area contributed by atoms with Crippen LogP contribution >= 0.6 is 0 Å². The van der Waals surface area contributed by atoms with Gasteiger partial charge in [0.15, 0.2) is 0 Å². The summed E-state index contributed by atoms with van der Waals surface area (Å²) in [4.78, 5) is -1.34. The van der Waals surface area contributed by atoms with E-state index in [9.17, 15) is 8.42 Å². The molecule has 1 saturated carbocycles. The maximum absolute atomic E-state index is 10.6. The number of rotatable bonds is 1. The first-order valence-electron chi connectivity index (χ1n) is 3.22. The van der Waals surface area contributed by atoms with Gasteiger partial charge in [-0.25, -0.2) is 0 Å². The van der Waals surface area contributed by atoms with Crippen LogP contribution in [0, 0.1) is 0 Å². The summed E-state index contributed by atoms with van der Waals surface area (Å²) in [5, 5.41) is 0. The first-order chi connectivity index (χ1) is 4.46. The van der Waals surface area contributed by atoms with Gasteiger partial charge in [-0.15, -0.1) is 0 Å². The molecule has 1 fully saturated rings. The summed E-state index contributed by atoms with van der Waals surface area (Å²) in [5.41, 5.74) is 5.40. The van der Waals surface area contributed by atoms with Crippen molar-refractivity contribution in [3.05, 3.63) is 0 Å². The Morgan fingerprint density at radius 1 is 1.30 bits per heavy atom. The molecule has 0 aromatic heterocycles. The van der Waals surface area contributed by atoms with Crippen molar-refractivity contribution in [2.45, 2.75) is 30.6 Å². The summed E-state index contributed by atoms with van der Waals surface area (Å²) in [6, 6.07) is 0. The highest BCUT2D eigenvalue weighted by Gasteiger charge is 2.41. The van der Waals surface area contributed by atoms with Gasteiger partial charge in [0.05, 0.1) is 0 Å². The molecular weight excluding hydrogens is 154 g/mol. The van der Waals surface area contributed by atoms with Crippen molar-refractivity contribution in [3.8, 4) is 0 Å². The van der Waals surface area contributed by atoms with Crippen LogP contribution in [0.2, 0.25) is 0 Å². The van der Waals surface area contributed by atoms with Gasteiger partial charge in [-0.1, -0.05) is 12.8 Å². The average Bonchev–Trinajstić information content (AvgIpc) is 2.13. The minimum atomic E-state index is -4.02. The van der Waals surface area contributed by atoms with Gasteiger partial charge in [-0.3, -0.25) is 4.55 Å². The zero-order valence-corrected chi connectivity index (χ0v) is 6.39. The fourth-order valence-electron chi connectivity index (χ4n) is 1.23. The lowest BCUT2D eigenvalue weighted by Gasteiger charge is -2.18. The van der Waals surface area contributed by atoms with E-state index in [-0.39, 0.29) is 0 Å². The molecule has 0 amide bonds. The van der Waals surface area contributed by atoms with Crippen molar-refractivity contribution < 1.29 is 13.0 Å².